The van der Waals surface area contributed by atoms with E-state index in [2.05, 4.69) is 67.5 Å². The second-order valence-corrected chi connectivity index (χ2v) is 7.08. The fourth-order valence-corrected chi connectivity index (χ4v) is 3.54. The number of rotatable bonds is 8. The van der Waals surface area contributed by atoms with Gasteiger partial charge in [-0.1, -0.05) is 37.3 Å². The van der Waals surface area contributed by atoms with Gasteiger partial charge in [-0.25, -0.2) is 0 Å². The largest absolute Gasteiger partial charge is 0.497 e. The van der Waals surface area contributed by atoms with Crippen molar-refractivity contribution in [1.82, 2.24) is 10.3 Å². The number of hydrogen-bond donors (Lipinski definition) is 2. The predicted molar refractivity (Wildman–Crippen MR) is 117 cm³/mol. The van der Waals surface area contributed by atoms with Gasteiger partial charge >= 0.3 is 0 Å². The van der Waals surface area contributed by atoms with E-state index in [9.17, 15) is 0 Å². The van der Waals surface area contributed by atoms with Gasteiger partial charge in [0.2, 0.25) is 0 Å². The molecule has 0 fully saturated rings. The van der Waals surface area contributed by atoms with Gasteiger partial charge in [0.05, 0.1) is 19.7 Å². The lowest BCUT2D eigenvalue weighted by molar-refractivity contribution is 0.398. The summed E-state index contributed by atoms with van der Waals surface area (Å²) in [5, 5.41) is 4.71. The number of nitrogens with one attached hydrogen (secondary N) is 2. The monoisotopic (exact) mass is 378 g/mol. The summed E-state index contributed by atoms with van der Waals surface area (Å²) in [7, 11) is 3.35. The Morgan fingerprint density at radius 1 is 1.14 bits per heavy atom. The Morgan fingerprint density at radius 3 is 2.68 bits per heavy atom. The van der Waals surface area contributed by atoms with Crippen LogP contribution in [0.1, 0.15) is 48.7 Å². The van der Waals surface area contributed by atoms with Gasteiger partial charge in [0.25, 0.3) is 0 Å². The molecule has 0 radical (unpaired) electrons. The lowest BCUT2D eigenvalue weighted by Crippen LogP contribution is -2.19. The third kappa shape index (κ3) is 4.23. The molecule has 1 atom stereocenters. The molecule has 0 saturated heterocycles. The molecule has 0 aliphatic carbocycles. The maximum absolute atomic E-state index is 5.52. The molecule has 28 heavy (non-hydrogen) atoms. The molecule has 2 aromatic carbocycles. The van der Waals surface area contributed by atoms with Gasteiger partial charge in [0.15, 0.2) is 0 Å². The van der Waals surface area contributed by atoms with E-state index in [0.29, 0.717) is 0 Å². The molecule has 0 aliphatic rings. The average molecular weight is 379 g/mol. The van der Waals surface area contributed by atoms with E-state index in [1.54, 1.807) is 14.2 Å². The molecule has 148 valence electrons. The third-order valence-electron chi connectivity index (χ3n) is 5.13. The van der Waals surface area contributed by atoms with E-state index in [0.717, 1.165) is 41.1 Å². The molecular weight excluding hydrogens is 348 g/mol. The number of H-pyrrole nitrogens is 1. The Bertz CT molecular complexity index is 972. The van der Waals surface area contributed by atoms with Crippen LogP contribution in [0.4, 0.5) is 0 Å². The summed E-state index contributed by atoms with van der Waals surface area (Å²) in [6.45, 7) is 7.29. The van der Waals surface area contributed by atoms with Crippen LogP contribution >= 0.6 is 0 Å². The van der Waals surface area contributed by atoms with Gasteiger partial charge in [0.1, 0.15) is 11.5 Å². The molecule has 0 saturated carbocycles. The van der Waals surface area contributed by atoms with Crippen LogP contribution in [0.25, 0.3) is 17.0 Å². The molecule has 0 amide bonds. The van der Waals surface area contributed by atoms with Crippen molar-refractivity contribution in [2.45, 2.75) is 39.8 Å². The molecule has 3 aromatic rings. The summed E-state index contributed by atoms with van der Waals surface area (Å²) in [6.07, 6.45) is 5.49. The van der Waals surface area contributed by atoms with Crippen LogP contribution in [-0.4, -0.2) is 19.2 Å². The van der Waals surface area contributed by atoms with Gasteiger partial charge in [-0.3, -0.25) is 0 Å². The fraction of sp³-hybridized carbons (Fsp3) is 0.333. The number of benzene rings is 2. The summed E-state index contributed by atoms with van der Waals surface area (Å²) in [5.74, 6) is 1.60. The van der Waals surface area contributed by atoms with Crippen LogP contribution in [0.2, 0.25) is 0 Å². The summed E-state index contributed by atoms with van der Waals surface area (Å²) < 4.78 is 10.9. The third-order valence-corrected chi connectivity index (χ3v) is 5.13. The Hall–Kier alpha value is -2.72. The summed E-state index contributed by atoms with van der Waals surface area (Å²) >= 11 is 0. The van der Waals surface area contributed by atoms with Gasteiger partial charge in [0, 0.05) is 35.8 Å². The first kappa shape index (κ1) is 20.0. The van der Waals surface area contributed by atoms with Crippen LogP contribution in [0.5, 0.6) is 11.5 Å². The van der Waals surface area contributed by atoms with Crippen LogP contribution in [0.15, 0.2) is 42.5 Å². The molecule has 1 aromatic heterocycles. The molecule has 4 heteroatoms. The van der Waals surface area contributed by atoms with E-state index < -0.39 is 0 Å². The number of aromatic nitrogens is 1. The summed E-state index contributed by atoms with van der Waals surface area (Å²) in [6, 6.07) is 12.8. The van der Waals surface area contributed by atoms with Crippen molar-refractivity contribution in [2.24, 2.45) is 0 Å². The molecule has 1 heterocycles. The lowest BCUT2D eigenvalue weighted by Gasteiger charge is -2.18. The minimum absolute atomic E-state index is 0.235. The summed E-state index contributed by atoms with van der Waals surface area (Å²) in [4.78, 5) is 3.48. The van der Waals surface area contributed by atoms with E-state index in [-0.39, 0.29) is 6.04 Å². The van der Waals surface area contributed by atoms with Crippen LogP contribution in [0.3, 0.4) is 0 Å². The van der Waals surface area contributed by atoms with Crippen molar-refractivity contribution in [2.75, 3.05) is 14.2 Å². The first-order valence-corrected chi connectivity index (χ1v) is 9.80. The Labute approximate surface area is 167 Å². The predicted octanol–water partition coefficient (Wildman–Crippen LogP) is 5.77. The summed E-state index contributed by atoms with van der Waals surface area (Å²) in [5.41, 5.74) is 6.07. The van der Waals surface area contributed by atoms with E-state index in [1.807, 2.05) is 12.1 Å². The molecule has 2 N–H and O–H groups in total. The smallest absolute Gasteiger partial charge is 0.131 e. The van der Waals surface area contributed by atoms with Crippen LogP contribution in [0, 0.1) is 6.92 Å². The van der Waals surface area contributed by atoms with E-state index >= 15 is 0 Å². The van der Waals surface area contributed by atoms with Crippen molar-refractivity contribution in [1.29, 1.82) is 0 Å². The minimum Gasteiger partial charge on any atom is -0.497 e. The van der Waals surface area contributed by atoms with Gasteiger partial charge < -0.3 is 19.8 Å². The fourth-order valence-electron chi connectivity index (χ4n) is 3.54. The van der Waals surface area contributed by atoms with Gasteiger partial charge in [-0.05, 0) is 43.0 Å². The van der Waals surface area contributed by atoms with Crippen molar-refractivity contribution in [3.63, 3.8) is 0 Å². The number of allylic oxidation sites excluding steroid dienone is 1. The van der Waals surface area contributed by atoms with Crippen LogP contribution < -0.4 is 14.8 Å². The zero-order valence-electron chi connectivity index (χ0n) is 17.4. The highest BCUT2D eigenvalue weighted by Gasteiger charge is 2.13. The maximum Gasteiger partial charge on any atom is 0.131 e. The molecule has 4 nitrogen and oxygen atoms in total. The van der Waals surface area contributed by atoms with Crippen molar-refractivity contribution >= 4 is 17.0 Å². The second kappa shape index (κ2) is 8.98. The molecule has 0 bridgehead atoms. The highest BCUT2D eigenvalue weighted by molar-refractivity contribution is 5.88. The Kier molecular flexibility index (Phi) is 6.42. The van der Waals surface area contributed by atoms with Crippen LogP contribution in [-0.2, 0) is 6.54 Å². The van der Waals surface area contributed by atoms with E-state index in [4.69, 9.17) is 9.47 Å². The first-order valence-electron chi connectivity index (χ1n) is 9.80. The Balaban J connectivity index is 1.81. The topological polar surface area (TPSA) is 46.3 Å². The number of fused-ring (bicyclic) bond motifs is 1. The molecule has 1 unspecified atom stereocenters. The number of methoxy groups -OCH3 is 2. The Morgan fingerprint density at radius 2 is 1.96 bits per heavy atom. The average Bonchev–Trinajstić information content (AvgIpc) is 3.13. The maximum atomic E-state index is 5.52. The number of aromatic amines is 1. The highest BCUT2D eigenvalue weighted by atomic mass is 16.5. The first-order chi connectivity index (χ1) is 13.6. The molecule has 0 spiro atoms. The molecule has 3 rings (SSSR count). The zero-order chi connectivity index (χ0) is 20.1. The zero-order valence-corrected chi connectivity index (χ0v) is 17.4. The normalized spacial score (nSPS) is 12.6. The quantitative estimate of drug-likeness (QED) is 0.523. The van der Waals surface area contributed by atoms with Crippen molar-refractivity contribution < 1.29 is 9.47 Å². The number of ether oxygens (including phenoxy) is 2. The highest BCUT2D eigenvalue weighted by Crippen LogP contribution is 2.32. The number of aryl methyl sites for hydroxylation is 1. The minimum atomic E-state index is 0.235. The lowest BCUT2D eigenvalue weighted by atomic mass is 9.96. The second-order valence-electron chi connectivity index (χ2n) is 7.08. The number of hydrogen-bond acceptors (Lipinski definition) is 3. The molecular formula is C24H30N2O2. The SMILES string of the molecule is CC/C=C\c1c(C)cccc1C(C)NCc1cc2c(OC)cc(OC)cc2[nH]1. The molecule has 0 aliphatic heterocycles. The van der Waals surface area contributed by atoms with Crippen molar-refractivity contribution in [3.8, 4) is 11.5 Å². The van der Waals surface area contributed by atoms with E-state index in [1.165, 1.54) is 16.7 Å². The van der Waals surface area contributed by atoms with Gasteiger partial charge in [-0.15, -0.1) is 0 Å². The van der Waals surface area contributed by atoms with Gasteiger partial charge in [-0.2, -0.15) is 0 Å². The van der Waals surface area contributed by atoms with Crippen molar-refractivity contribution in [3.05, 3.63) is 64.9 Å². The standard InChI is InChI=1S/C24H30N2O2/c1-6-7-10-20-16(2)9-8-11-21(20)17(3)25-15-18-12-22-23(26-18)13-19(27-4)14-24(22)28-5/h7-14,17,25-26H,6,15H2,1-5H3/b10-7-.